The van der Waals surface area contributed by atoms with Crippen LogP contribution in [-0.2, 0) is 14.7 Å². The summed E-state index contributed by atoms with van der Waals surface area (Å²) < 4.78 is 86.6. The first-order valence-electron chi connectivity index (χ1n) is 14.7. The Morgan fingerprint density at radius 3 is 2.13 bits per heavy atom. The molecule has 0 radical (unpaired) electrons. The van der Waals surface area contributed by atoms with Gasteiger partial charge in [0.25, 0.3) is 0 Å². The highest BCUT2D eigenvalue weighted by molar-refractivity contribution is 6.62. The van der Waals surface area contributed by atoms with Crippen molar-refractivity contribution in [2.24, 2.45) is 0 Å². The zero-order valence-electron chi connectivity index (χ0n) is 27.2. The molecule has 0 aliphatic carbocycles. The van der Waals surface area contributed by atoms with E-state index in [1.54, 1.807) is 18.3 Å². The highest BCUT2D eigenvalue weighted by Crippen LogP contribution is 2.37. The van der Waals surface area contributed by atoms with Gasteiger partial charge in [-0.1, -0.05) is 63.0 Å². The summed E-state index contributed by atoms with van der Waals surface area (Å²) in [5.74, 6) is 0. The van der Waals surface area contributed by atoms with E-state index in [1.165, 1.54) is 12.1 Å². The maximum atomic E-state index is 8.25. The molecular weight excluding hydrogens is 381 g/mol. The third-order valence-electron chi connectivity index (χ3n) is 6.08. The van der Waals surface area contributed by atoms with E-state index >= 15 is 0 Å². The molecule has 1 saturated heterocycles. The molecule has 0 atom stereocenters. The average Bonchev–Trinajstić information content (AvgIpc) is 3.04. The Balaban J connectivity index is 2.03. The molecule has 1 aromatic heterocycles. The topological polar surface area (TPSA) is 31.4 Å². The second kappa shape index (κ2) is 7.61. The van der Waals surface area contributed by atoms with Crippen LogP contribution in [-0.4, -0.2) is 23.3 Å². The van der Waals surface area contributed by atoms with Crippen molar-refractivity contribution in [3.63, 3.8) is 0 Å². The normalized spacial score (nSPS) is 23.2. The highest BCUT2D eigenvalue weighted by atomic mass is 16.7. The predicted octanol–water partition coefficient (Wildman–Crippen LogP) is 6.01. The molecule has 160 valence electrons. The average molecular weight is 422 g/mol. The van der Waals surface area contributed by atoms with Crippen LogP contribution in [0.15, 0.2) is 66.9 Å². The van der Waals surface area contributed by atoms with Crippen LogP contribution in [0.4, 0.5) is 0 Å². The van der Waals surface area contributed by atoms with Crippen molar-refractivity contribution >= 4 is 12.6 Å². The molecule has 0 N–H and O–H groups in total. The van der Waals surface area contributed by atoms with Gasteiger partial charge in [0.15, 0.2) is 0 Å². The second-order valence-corrected chi connectivity index (χ2v) is 8.98. The van der Waals surface area contributed by atoms with Crippen LogP contribution < -0.4 is 5.46 Å². The second-order valence-electron chi connectivity index (χ2n) is 8.98. The molecule has 0 saturated carbocycles. The van der Waals surface area contributed by atoms with Gasteiger partial charge in [0, 0.05) is 24.1 Å². The molecule has 0 unspecified atom stereocenters. The molecule has 31 heavy (non-hydrogen) atoms. The summed E-state index contributed by atoms with van der Waals surface area (Å²) in [5.41, 5.74) is -2.33. The van der Waals surface area contributed by atoms with Crippen molar-refractivity contribution in [2.75, 3.05) is 0 Å². The first-order valence-corrected chi connectivity index (χ1v) is 10.2. The number of benzene rings is 2. The fraction of sp³-hybridized carbons (Fsp3) is 0.370. The lowest BCUT2D eigenvalue weighted by Crippen LogP contribution is -2.41. The van der Waals surface area contributed by atoms with Crippen LogP contribution in [0, 0.1) is 0 Å². The van der Waals surface area contributed by atoms with E-state index in [-0.39, 0.29) is 5.56 Å². The van der Waals surface area contributed by atoms with Crippen LogP contribution in [0.3, 0.4) is 0 Å². The van der Waals surface area contributed by atoms with Gasteiger partial charge in [0.2, 0.25) is 0 Å². The van der Waals surface area contributed by atoms with E-state index < -0.39 is 44.3 Å². The molecule has 3 aromatic rings. The molecule has 0 amide bonds. The van der Waals surface area contributed by atoms with Crippen LogP contribution in [0.1, 0.15) is 66.2 Å². The monoisotopic (exact) mass is 422 g/mol. The minimum absolute atomic E-state index is 0.292. The quantitative estimate of drug-likeness (QED) is 0.484. The van der Waals surface area contributed by atoms with Crippen LogP contribution in [0.2, 0.25) is 0 Å². The van der Waals surface area contributed by atoms with E-state index in [2.05, 4.69) is 4.98 Å². The largest absolute Gasteiger partial charge is 0.494 e. The fourth-order valence-electron chi connectivity index (χ4n) is 3.53. The maximum absolute atomic E-state index is 8.25. The molecule has 2 heterocycles. The number of aromatic nitrogens is 1. The number of nitrogens with zero attached hydrogens (tertiary/aromatic N) is 1. The molecule has 4 heteroatoms. The zero-order chi connectivity index (χ0) is 29.9. The molecule has 2 aromatic carbocycles. The van der Waals surface area contributed by atoms with Crippen LogP contribution in [0.25, 0.3) is 22.4 Å². The van der Waals surface area contributed by atoms with Crippen molar-refractivity contribution in [3.05, 3.63) is 72.4 Å². The first kappa shape index (κ1) is 13.2. The van der Waals surface area contributed by atoms with Gasteiger partial charge in [-0.2, -0.15) is 0 Å². The summed E-state index contributed by atoms with van der Waals surface area (Å²) in [6, 6.07) is 17.4. The van der Waals surface area contributed by atoms with Gasteiger partial charge in [-0.05, 0) is 73.5 Å². The molecule has 1 aliphatic rings. The Labute approximate surface area is 199 Å². The Bertz CT molecular complexity index is 1330. The van der Waals surface area contributed by atoms with Gasteiger partial charge in [-0.25, -0.2) is 0 Å². The standard InChI is InChI=1S/C27H32BNO2/c1-25(2,3)22-15-21(16-23(18-22)28-30-26(4,5)27(6,7)31-28)24-17-20(13-14-29-24)19-11-9-8-10-12-19/h8-18H,1-7H3/i1D3,2D3,3D3. The van der Waals surface area contributed by atoms with Gasteiger partial charge in [0.1, 0.15) is 0 Å². The summed E-state index contributed by atoms with van der Waals surface area (Å²) in [6.07, 6.45) is 1.59. The minimum Gasteiger partial charge on any atom is -0.399 e. The summed E-state index contributed by atoms with van der Waals surface area (Å²) in [7, 11) is -1.01. The third-order valence-corrected chi connectivity index (χ3v) is 6.08. The highest BCUT2D eigenvalue weighted by Gasteiger charge is 2.51. The molecule has 0 bridgehead atoms. The summed E-state index contributed by atoms with van der Waals surface area (Å²) in [5, 5.41) is 0. The summed E-state index contributed by atoms with van der Waals surface area (Å²) in [4.78, 5) is 4.47. The van der Waals surface area contributed by atoms with Crippen LogP contribution in [0.5, 0.6) is 0 Å². The lowest BCUT2D eigenvalue weighted by Gasteiger charge is -2.32. The maximum Gasteiger partial charge on any atom is 0.494 e. The van der Waals surface area contributed by atoms with E-state index in [0.29, 0.717) is 16.7 Å². The van der Waals surface area contributed by atoms with E-state index in [4.69, 9.17) is 21.6 Å². The SMILES string of the molecule is [2H]C([2H])([2H])C(c1cc(B2OC(C)(C)C(C)(C)O2)cc(-c2cc(-c3ccccc3)ccn2)c1)(C([2H])([2H])[2H])C([2H])([2H])[2H]. The van der Waals surface area contributed by atoms with Gasteiger partial charge in [0.05, 0.1) is 16.9 Å². The number of hydrogen-bond acceptors (Lipinski definition) is 3. The van der Waals surface area contributed by atoms with E-state index in [0.717, 1.165) is 11.1 Å². The van der Waals surface area contributed by atoms with Gasteiger partial charge < -0.3 is 9.31 Å². The van der Waals surface area contributed by atoms with Crippen molar-refractivity contribution in [2.45, 2.75) is 64.9 Å². The lowest BCUT2D eigenvalue weighted by atomic mass is 9.74. The number of rotatable bonds is 3. The minimum atomic E-state index is -3.42. The summed E-state index contributed by atoms with van der Waals surface area (Å²) in [6.45, 7) is -2.88. The zero-order valence-corrected chi connectivity index (χ0v) is 18.2. The molecule has 1 aliphatic heterocycles. The Morgan fingerprint density at radius 2 is 1.48 bits per heavy atom. The third kappa shape index (κ3) is 4.33. The van der Waals surface area contributed by atoms with E-state index in [9.17, 15) is 0 Å². The Kier molecular flexibility index (Phi) is 3.24. The van der Waals surface area contributed by atoms with Crippen molar-refractivity contribution in [3.8, 4) is 22.4 Å². The number of pyridine rings is 1. The molecular formula is C27H32BNO2. The van der Waals surface area contributed by atoms with E-state index in [1.807, 2.05) is 64.1 Å². The van der Waals surface area contributed by atoms with Crippen molar-refractivity contribution in [1.29, 1.82) is 0 Å². The predicted molar refractivity (Wildman–Crippen MR) is 130 cm³/mol. The molecule has 4 rings (SSSR count). The lowest BCUT2D eigenvalue weighted by molar-refractivity contribution is 0.00578. The van der Waals surface area contributed by atoms with Gasteiger partial charge in [-0.15, -0.1) is 0 Å². The van der Waals surface area contributed by atoms with Gasteiger partial charge in [-0.3, -0.25) is 4.98 Å². The van der Waals surface area contributed by atoms with Crippen LogP contribution >= 0.6 is 0 Å². The van der Waals surface area contributed by atoms with Crippen molar-refractivity contribution in [1.82, 2.24) is 4.98 Å². The first-order chi connectivity index (χ1) is 18.2. The Morgan fingerprint density at radius 1 is 0.806 bits per heavy atom. The fourth-order valence-corrected chi connectivity index (χ4v) is 3.53. The van der Waals surface area contributed by atoms with Gasteiger partial charge >= 0.3 is 7.12 Å². The Hall–Kier alpha value is -2.43. The smallest absolute Gasteiger partial charge is 0.399 e. The summed E-state index contributed by atoms with van der Waals surface area (Å²) >= 11 is 0. The number of hydrogen-bond donors (Lipinski definition) is 0. The van der Waals surface area contributed by atoms with Crippen molar-refractivity contribution < 1.29 is 21.6 Å². The molecule has 1 fully saturated rings. The molecule has 3 nitrogen and oxygen atoms in total. The molecule has 0 spiro atoms.